The molecule has 0 aliphatic heterocycles. The molecule has 0 fully saturated rings. The van der Waals surface area contributed by atoms with Gasteiger partial charge in [-0.1, -0.05) is 13.8 Å². The van der Waals surface area contributed by atoms with Gasteiger partial charge in [0.1, 0.15) is 0 Å². The van der Waals surface area contributed by atoms with E-state index in [1.807, 2.05) is 11.6 Å². The maximum atomic E-state index is 8.73. The highest BCUT2D eigenvalue weighted by atomic mass is 15.3. The molecule has 76 valence electrons. The third-order valence-corrected chi connectivity index (χ3v) is 2.31. The zero-order chi connectivity index (χ0) is 10.6. The van der Waals surface area contributed by atoms with Crippen LogP contribution in [0.2, 0.25) is 0 Å². The molecule has 1 atom stereocenters. The second-order valence-corrected chi connectivity index (χ2v) is 3.55. The lowest BCUT2D eigenvalue weighted by atomic mass is 10.2. The summed E-state index contributed by atoms with van der Waals surface area (Å²) in [6.07, 6.45) is 1.94. The van der Waals surface area contributed by atoms with Crippen molar-refractivity contribution in [3.8, 4) is 6.07 Å². The molecule has 3 nitrogen and oxygen atoms in total. The third-order valence-electron chi connectivity index (χ3n) is 2.31. The summed E-state index contributed by atoms with van der Waals surface area (Å²) < 4.78 is 1.96. The zero-order valence-corrected chi connectivity index (χ0v) is 9.12. The van der Waals surface area contributed by atoms with Crippen LogP contribution in [0.1, 0.15) is 32.2 Å². The highest BCUT2D eigenvalue weighted by molar-refractivity contribution is 5.10. The molecule has 1 aromatic rings. The quantitative estimate of drug-likeness (QED) is 0.731. The van der Waals surface area contributed by atoms with E-state index in [0.717, 1.165) is 18.5 Å². The average Bonchev–Trinajstić information content (AvgIpc) is 2.60. The van der Waals surface area contributed by atoms with Crippen LogP contribution in [-0.2, 0) is 19.4 Å². The molecule has 1 aromatic heterocycles. The summed E-state index contributed by atoms with van der Waals surface area (Å²) in [7, 11) is 0. The number of nitrogens with zero attached hydrogens (tertiary/aromatic N) is 3. The maximum Gasteiger partial charge on any atom is 0.0672 e. The molecule has 1 unspecified atom stereocenters. The van der Waals surface area contributed by atoms with E-state index in [2.05, 4.69) is 31.1 Å². The Morgan fingerprint density at radius 1 is 1.50 bits per heavy atom. The Hall–Kier alpha value is -1.30. The third kappa shape index (κ3) is 2.35. The summed E-state index contributed by atoms with van der Waals surface area (Å²) in [5.41, 5.74) is 2.34. The predicted molar refractivity (Wildman–Crippen MR) is 55.8 cm³/mol. The van der Waals surface area contributed by atoms with E-state index in [1.54, 1.807) is 0 Å². The lowest BCUT2D eigenvalue weighted by molar-refractivity contribution is 0.507. The van der Waals surface area contributed by atoms with E-state index in [4.69, 9.17) is 5.26 Å². The van der Waals surface area contributed by atoms with E-state index in [1.165, 1.54) is 5.69 Å². The van der Waals surface area contributed by atoms with Crippen LogP contribution < -0.4 is 0 Å². The van der Waals surface area contributed by atoms with Crippen molar-refractivity contribution >= 4 is 0 Å². The topological polar surface area (TPSA) is 41.6 Å². The Bertz CT molecular complexity index is 333. The van der Waals surface area contributed by atoms with Crippen molar-refractivity contribution in [2.75, 3.05) is 0 Å². The summed E-state index contributed by atoms with van der Waals surface area (Å²) in [5.74, 6) is 0.0323. The molecule has 0 aromatic carbocycles. The molecular formula is C11H17N3. The van der Waals surface area contributed by atoms with Gasteiger partial charge < -0.3 is 0 Å². The molecule has 0 spiro atoms. The maximum absolute atomic E-state index is 8.73. The number of aryl methyl sites for hydroxylation is 2. The van der Waals surface area contributed by atoms with Crippen LogP contribution in [0.4, 0.5) is 0 Å². The van der Waals surface area contributed by atoms with Crippen molar-refractivity contribution in [1.29, 1.82) is 5.26 Å². The Morgan fingerprint density at radius 2 is 2.21 bits per heavy atom. The summed E-state index contributed by atoms with van der Waals surface area (Å²) in [6.45, 7) is 6.84. The number of hydrogen-bond acceptors (Lipinski definition) is 2. The van der Waals surface area contributed by atoms with Gasteiger partial charge in [0.15, 0.2) is 0 Å². The normalized spacial score (nSPS) is 12.4. The van der Waals surface area contributed by atoms with E-state index in [-0.39, 0.29) is 5.92 Å². The first-order valence-electron chi connectivity index (χ1n) is 5.16. The van der Waals surface area contributed by atoms with Crippen LogP contribution in [0.25, 0.3) is 0 Å². The van der Waals surface area contributed by atoms with Crippen LogP contribution in [0.5, 0.6) is 0 Å². The van der Waals surface area contributed by atoms with Gasteiger partial charge in [0, 0.05) is 5.69 Å². The number of aromatic nitrogens is 2. The minimum atomic E-state index is 0.0323. The number of rotatable bonds is 4. The Labute approximate surface area is 85.4 Å². The fraction of sp³-hybridized carbons (Fsp3) is 0.636. The number of hydrogen-bond donors (Lipinski definition) is 0. The average molecular weight is 191 g/mol. The lowest BCUT2D eigenvalue weighted by Gasteiger charge is -2.06. The van der Waals surface area contributed by atoms with Gasteiger partial charge in [-0.05, 0) is 25.8 Å². The van der Waals surface area contributed by atoms with Crippen molar-refractivity contribution in [2.24, 2.45) is 5.92 Å². The van der Waals surface area contributed by atoms with Crippen LogP contribution in [0.15, 0.2) is 6.07 Å². The van der Waals surface area contributed by atoms with E-state index in [0.29, 0.717) is 6.54 Å². The first kappa shape index (κ1) is 10.8. The van der Waals surface area contributed by atoms with Gasteiger partial charge in [-0.3, -0.25) is 4.68 Å². The monoisotopic (exact) mass is 191 g/mol. The van der Waals surface area contributed by atoms with Gasteiger partial charge in [0.05, 0.1) is 24.2 Å². The van der Waals surface area contributed by atoms with Crippen LogP contribution in [0, 0.1) is 17.2 Å². The second-order valence-electron chi connectivity index (χ2n) is 3.55. The van der Waals surface area contributed by atoms with Crippen molar-refractivity contribution < 1.29 is 0 Å². The molecule has 0 saturated carbocycles. The minimum absolute atomic E-state index is 0.0323. The number of nitriles is 1. The molecule has 1 heterocycles. The molecule has 0 radical (unpaired) electrons. The largest absolute Gasteiger partial charge is 0.268 e. The van der Waals surface area contributed by atoms with Crippen molar-refractivity contribution in [1.82, 2.24) is 9.78 Å². The molecule has 1 rings (SSSR count). The molecule has 0 N–H and O–H groups in total. The van der Waals surface area contributed by atoms with Gasteiger partial charge in [0.25, 0.3) is 0 Å². The minimum Gasteiger partial charge on any atom is -0.268 e. The van der Waals surface area contributed by atoms with Crippen LogP contribution in [0.3, 0.4) is 0 Å². The lowest BCUT2D eigenvalue weighted by Crippen LogP contribution is -2.10. The van der Waals surface area contributed by atoms with E-state index in [9.17, 15) is 0 Å². The summed E-state index contributed by atoms with van der Waals surface area (Å²) in [4.78, 5) is 0. The first-order chi connectivity index (χ1) is 6.71. The zero-order valence-electron chi connectivity index (χ0n) is 9.12. The van der Waals surface area contributed by atoms with Gasteiger partial charge in [-0.2, -0.15) is 10.4 Å². The van der Waals surface area contributed by atoms with Crippen LogP contribution in [-0.4, -0.2) is 9.78 Å². The van der Waals surface area contributed by atoms with Crippen LogP contribution >= 0.6 is 0 Å². The Kier molecular flexibility index (Phi) is 3.70. The van der Waals surface area contributed by atoms with Gasteiger partial charge in [-0.25, -0.2) is 0 Å². The molecule has 0 aliphatic carbocycles. The summed E-state index contributed by atoms with van der Waals surface area (Å²) in [5, 5.41) is 13.2. The SMILES string of the molecule is CCc1cc(CC)n(CC(C)C#N)n1. The van der Waals surface area contributed by atoms with Gasteiger partial charge >= 0.3 is 0 Å². The Morgan fingerprint density at radius 3 is 2.71 bits per heavy atom. The molecule has 0 aliphatic rings. The van der Waals surface area contributed by atoms with E-state index < -0.39 is 0 Å². The highest BCUT2D eigenvalue weighted by Crippen LogP contribution is 2.08. The Balaban J connectivity index is 2.84. The van der Waals surface area contributed by atoms with Crippen molar-refractivity contribution in [3.63, 3.8) is 0 Å². The molecule has 14 heavy (non-hydrogen) atoms. The second kappa shape index (κ2) is 4.80. The summed E-state index contributed by atoms with van der Waals surface area (Å²) in [6, 6.07) is 4.36. The molecule has 3 heteroatoms. The molecule has 0 amide bonds. The van der Waals surface area contributed by atoms with E-state index >= 15 is 0 Å². The van der Waals surface area contributed by atoms with Crippen molar-refractivity contribution in [3.05, 3.63) is 17.5 Å². The van der Waals surface area contributed by atoms with Gasteiger partial charge in [-0.15, -0.1) is 0 Å². The fourth-order valence-electron chi connectivity index (χ4n) is 1.43. The molecular weight excluding hydrogens is 174 g/mol. The highest BCUT2D eigenvalue weighted by Gasteiger charge is 2.08. The molecule has 0 bridgehead atoms. The molecule has 0 saturated heterocycles. The predicted octanol–water partition coefficient (Wildman–Crippen LogP) is 2.17. The fourth-order valence-corrected chi connectivity index (χ4v) is 1.43. The standard InChI is InChI=1S/C11H17N3/c1-4-10-6-11(5-2)14(13-10)8-9(3)7-12/h6,9H,4-5,8H2,1-3H3. The van der Waals surface area contributed by atoms with Gasteiger partial charge in [0.2, 0.25) is 0 Å². The first-order valence-corrected chi connectivity index (χ1v) is 5.16. The van der Waals surface area contributed by atoms with Crippen molar-refractivity contribution in [2.45, 2.75) is 40.2 Å². The summed E-state index contributed by atoms with van der Waals surface area (Å²) >= 11 is 0. The smallest absolute Gasteiger partial charge is 0.0672 e.